The van der Waals surface area contributed by atoms with Crippen LogP contribution in [0.4, 0.5) is 14.9 Å². The number of aryl methyl sites for hydroxylation is 1. The van der Waals surface area contributed by atoms with Gasteiger partial charge in [0.15, 0.2) is 0 Å². The minimum Gasteiger partial charge on any atom is -0.394 e. The standard InChI is InChI=1S/C33H37FN4O4/c1-21-17-38(22(2)19-39)32(40)31-30(27-11-7-8-12-28(27)37(31)4)26-10-6-5-9-23(26)20-42-29(21)18-36(3)33(41)35-25-15-13-24(34)14-16-25/h5-16,21-22,29,39H,17-20H2,1-4H3,(H,35,41)/t21-,22+,29+/m1/s1. The van der Waals surface area contributed by atoms with Gasteiger partial charge in [-0.1, -0.05) is 49.4 Å². The molecule has 9 heteroatoms. The largest absolute Gasteiger partial charge is 0.394 e. The number of fused-ring (bicyclic) bond motifs is 5. The molecule has 3 amide bonds. The third-order valence-corrected chi connectivity index (χ3v) is 8.12. The lowest BCUT2D eigenvalue weighted by Gasteiger charge is -2.35. The lowest BCUT2D eigenvalue weighted by Crippen LogP contribution is -2.48. The number of benzene rings is 3. The van der Waals surface area contributed by atoms with Gasteiger partial charge in [0.05, 0.1) is 25.4 Å². The number of amides is 3. The van der Waals surface area contributed by atoms with E-state index in [0.29, 0.717) is 17.9 Å². The van der Waals surface area contributed by atoms with Crippen LogP contribution in [-0.2, 0) is 18.4 Å². The maximum absolute atomic E-state index is 14.4. The van der Waals surface area contributed by atoms with Crippen LogP contribution in [0.15, 0.2) is 72.8 Å². The number of halogens is 1. The summed E-state index contributed by atoms with van der Waals surface area (Å²) in [5.74, 6) is -0.741. The number of hydrogen-bond acceptors (Lipinski definition) is 4. The molecule has 0 saturated carbocycles. The number of para-hydroxylation sites is 1. The molecular formula is C33H37FN4O4. The first-order chi connectivity index (χ1) is 20.2. The zero-order chi connectivity index (χ0) is 30.0. The Hall–Kier alpha value is -4.21. The van der Waals surface area contributed by atoms with E-state index in [1.165, 1.54) is 29.2 Å². The highest BCUT2D eigenvalue weighted by molar-refractivity contribution is 6.10. The number of aromatic nitrogens is 1. The molecule has 0 aliphatic carbocycles. The van der Waals surface area contributed by atoms with Crippen molar-refractivity contribution in [2.24, 2.45) is 13.0 Å². The van der Waals surface area contributed by atoms with Crippen molar-refractivity contribution in [3.63, 3.8) is 0 Å². The van der Waals surface area contributed by atoms with E-state index in [1.54, 1.807) is 11.9 Å². The van der Waals surface area contributed by atoms with Gasteiger partial charge in [-0.2, -0.15) is 0 Å². The van der Waals surface area contributed by atoms with E-state index in [0.717, 1.165) is 27.6 Å². The Morgan fingerprint density at radius 2 is 1.81 bits per heavy atom. The second kappa shape index (κ2) is 12.3. The molecule has 0 fully saturated rings. The topological polar surface area (TPSA) is 87.0 Å². The summed E-state index contributed by atoms with van der Waals surface area (Å²) in [4.78, 5) is 30.7. The zero-order valence-corrected chi connectivity index (χ0v) is 24.4. The molecule has 2 heterocycles. The van der Waals surface area contributed by atoms with Crippen molar-refractivity contribution in [2.75, 3.05) is 32.1 Å². The van der Waals surface area contributed by atoms with Gasteiger partial charge in [-0.3, -0.25) is 4.79 Å². The van der Waals surface area contributed by atoms with Gasteiger partial charge in [-0.05, 0) is 48.4 Å². The molecule has 5 rings (SSSR count). The van der Waals surface area contributed by atoms with Gasteiger partial charge in [0.25, 0.3) is 5.91 Å². The molecular weight excluding hydrogens is 535 g/mol. The quantitative estimate of drug-likeness (QED) is 0.330. The minimum absolute atomic E-state index is 0.171. The minimum atomic E-state index is -0.443. The van der Waals surface area contributed by atoms with Crippen LogP contribution in [0.25, 0.3) is 22.0 Å². The second-order valence-corrected chi connectivity index (χ2v) is 11.1. The molecule has 3 atom stereocenters. The Bertz CT molecular complexity index is 1580. The van der Waals surface area contributed by atoms with Gasteiger partial charge >= 0.3 is 6.03 Å². The molecule has 0 radical (unpaired) electrons. The maximum atomic E-state index is 14.4. The van der Waals surface area contributed by atoms with Crippen LogP contribution in [0, 0.1) is 11.7 Å². The van der Waals surface area contributed by atoms with Crippen molar-refractivity contribution in [2.45, 2.75) is 32.6 Å². The number of aliphatic hydroxyl groups excluding tert-OH is 1. The van der Waals surface area contributed by atoms with Gasteiger partial charge < -0.3 is 29.5 Å². The fraction of sp³-hybridized carbons (Fsp3) is 0.333. The van der Waals surface area contributed by atoms with E-state index < -0.39 is 12.1 Å². The molecule has 0 bridgehead atoms. The third kappa shape index (κ3) is 5.75. The molecule has 4 aromatic rings. The van der Waals surface area contributed by atoms with Crippen molar-refractivity contribution >= 4 is 28.5 Å². The first-order valence-electron chi connectivity index (χ1n) is 14.2. The van der Waals surface area contributed by atoms with E-state index in [-0.39, 0.29) is 43.4 Å². The van der Waals surface area contributed by atoms with Crippen LogP contribution in [0.3, 0.4) is 0 Å². The van der Waals surface area contributed by atoms with Crippen LogP contribution in [-0.4, -0.2) is 70.3 Å². The van der Waals surface area contributed by atoms with Crippen molar-refractivity contribution in [3.05, 3.63) is 89.9 Å². The molecule has 0 saturated heterocycles. The summed E-state index contributed by atoms with van der Waals surface area (Å²) >= 11 is 0. The lowest BCUT2D eigenvalue weighted by molar-refractivity contribution is -0.0179. The molecule has 0 unspecified atom stereocenters. The molecule has 1 aliphatic heterocycles. The number of likely N-dealkylation sites (N-methyl/N-ethyl adjacent to an activating group) is 1. The molecule has 1 aromatic heterocycles. The van der Waals surface area contributed by atoms with E-state index in [9.17, 15) is 19.1 Å². The van der Waals surface area contributed by atoms with Gasteiger partial charge in [0.2, 0.25) is 0 Å². The predicted molar refractivity (Wildman–Crippen MR) is 162 cm³/mol. The Kier molecular flexibility index (Phi) is 8.61. The number of rotatable bonds is 5. The summed E-state index contributed by atoms with van der Waals surface area (Å²) in [6.07, 6.45) is -0.429. The highest BCUT2D eigenvalue weighted by Crippen LogP contribution is 2.38. The fourth-order valence-electron chi connectivity index (χ4n) is 5.63. The van der Waals surface area contributed by atoms with Crippen molar-refractivity contribution < 1.29 is 23.8 Å². The third-order valence-electron chi connectivity index (χ3n) is 8.12. The average molecular weight is 573 g/mol. The number of carbonyl (C=O) groups is 2. The van der Waals surface area contributed by atoms with Crippen LogP contribution in [0.5, 0.6) is 0 Å². The SMILES string of the molecule is C[C@@H]1CN([C@@H](C)CO)C(=O)c2c(c3ccccc3n2C)-c2ccccc2CO[C@H]1CN(C)C(=O)Nc1ccc(F)cc1. The summed E-state index contributed by atoms with van der Waals surface area (Å²) in [7, 11) is 3.58. The Morgan fingerprint density at radius 3 is 2.55 bits per heavy atom. The molecule has 0 spiro atoms. The van der Waals surface area contributed by atoms with Gasteiger partial charge in [0.1, 0.15) is 11.5 Å². The Balaban J connectivity index is 1.53. The smallest absolute Gasteiger partial charge is 0.321 e. The van der Waals surface area contributed by atoms with E-state index in [2.05, 4.69) is 5.32 Å². The highest BCUT2D eigenvalue weighted by Gasteiger charge is 2.34. The van der Waals surface area contributed by atoms with Crippen LogP contribution in [0.1, 0.15) is 29.9 Å². The van der Waals surface area contributed by atoms with Gasteiger partial charge in [-0.15, -0.1) is 0 Å². The summed E-state index contributed by atoms with van der Waals surface area (Å²) in [5, 5.41) is 13.9. The summed E-state index contributed by atoms with van der Waals surface area (Å²) < 4.78 is 21.8. The monoisotopic (exact) mass is 572 g/mol. The number of aliphatic hydroxyl groups is 1. The number of anilines is 1. The maximum Gasteiger partial charge on any atom is 0.321 e. The van der Waals surface area contributed by atoms with Gasteiger partial charge in [0, 0.05) is 55.3 Å². The highest BCUT2D eigenvalue weighted by atomic mass is 19.1. The summed E-state index contributed by atoms with van der Waals surface area (Å²) in [6.45, 7) is 4.48. The van der Waals surface area contributed by atoms with E-state index in [1.807, 2.05) is 74.0 Å². The number of hydrogen-bond donors (Lipinski definition) is 2. The van der Waals surface area contributed by atoms with Gasteiger partial charge in [-0.25, -0.2) is 9.18 Å². The van der Waals surface area contributed by atoms with Crippen molar-refractivity contribution in [1.29, 1.82) is 0 Å². The summed E-state index contributed by atoms with van der Waals surface area (Å²) in [5.41, 5.74) is 4.67. The average Bonchev–Trinajstić information content (AvgIpc) is 3.29. The molecule has 42 heavy (non-hydrogen) atoms. The van der Waals surface area contributed by atoms with E-state index in [4.69, 9.17) is 4.74 Å². The Labute approximate surface area is 245 Å². The zero-order valence-electron chi connectivity index (χ0n) is 24.4. The van der Waals surface area contributed by atoms with Crippen LogP contribution >= 0.6 is 0 Å². The number of nitrogens with one attached hydrogen (secondary N) is 1. The number of carbonyl (C=O) groups excluding carboxylic acids is 2. The van der Waals surface area contributed by atoms with Crippen LogP contribution < -0.4 is 5.32 Å². The lowest BCUT2D eigenvalue weighted by atomic mass is 9.96. The fourth-order valence-corrected chi connectivity index (χ4v) is 5.63. The Morgan fingerprint density at radius 1 is 1.12 bits per heavy atom. The number of ether oxygens (including phenoxy) is 1. The second-order valence-electron chi connectivity index (χ2n) is 11.1. The first-order valence-corrected chi connectivity index (χ1v) is 14.2. The summed E-state index contributed by atoms with van der Waals surface area (Å²) in [6, 6.07) is 20.7. The molecule has 8 nitrogen and oxygen atoms in total. The predicted octanol–water partition coefficient (Wildman–Crippen LogP) is 5.51. The van der Waals surface area contributed by atoms with Crippen LogP contribution in [0.2, 0.25) is 0 Å². The molecule has 220 valence electrons. The normalized spacial score (nSPS) is 18.1. The first kappa shape index (κ1) is 29.3. The number of urea groups is 1. The van der Waals surface area contributed by atoms with Crippen molar-refractivity contribution in [1.82, 2.24) is 14.4 Å². The van der Waals surface area contributed by atoms with Crippen molar-refractivity contribution in [3.8, 4) is 11.1 Å². The molecule has 2 N–H and O–H groups in total. The molecule has 3 aromatic carbocycles. The van der Waals surface area contributed by atoms with E-state index >= 15 is 0 Å². The number of nitrogens with zero attached hydrogens (tertiary/aromatic N) is 3. The molecule has 1 aliphatic rings.